The molecule has 0 aliphatic carbocycles. The molecule has 2 amide bonds. The van der Waals surface area contributed by atoms with Crippen molar-refractivity contribution in [3.63, 3.8) is 0 Å². The molecule has 1 aliphatic rings. The highest BCUT2D eigenvalue weighted by Gasteiger charge is 2.42. The third-order valence-electron chi connectivity index (χ3n) is 6.26. The Bertz CT molecular complexity index is 1370. The number of nitrogens with one attached hydrogen (secondary N) is 1. The first kappa shape index (κ1) is 25.8. The lowest BCUT2D eigenvalue weighted by molar-refractivity contribution is -0.125. The number of pyridine rings is 1. The predicted octanol–water partition coefficient (Wildman–Crippen LogP) is 5.89. The second kappa shape index (κ2) is 12.2. The number of carbonyl (C=O) groups excluding carboxylic acids is 2. The van der Waals surface area contributed by atoms with Gasteiger partial charge in [0.1, 0.15) is 23.8 Å². The highest BCUT2D eigenvalue weighted by molar-refractivity contribution is 7.99. The Morgan fingerprint density at radius 2 is 1.63 bits per heavy atom. The molecule has 6 nitrogen and oxygen atoms in total. The Balaban J connectivity index is 1.34. The molecular formula is C30H26ClN3O3S. The number of benzene rings is 3. The molecule has 1 N–H and O–H groups in total. The number of aromatic nitrogens is 1. The molecule has 2 atom stereocenters. The van der Waals surface area contributed by atoms with Crippen LogP contribution in [0.25, 0.3) is 0 Å². The van der Waals surface area contributed by atoms with Gasteiger partial charge in [-0.3, -0.25) is 14.6 Å². The van der Waals surface area contributed by atoms with Crippen LogP contribution in [0.3, 0.4) is 0 Å². The number of halogens is 1. The van der Waals surface area contributed by atoms with Gasteiger partial charge in [0.2, 0.25) is 5.91 Å². The number of ether oxygens (including phenoxy) is 1. The summed E-state index contributed by atoms with van der Waals surface area (Å²) in [6, 6.07) is 27.5. The second-order valence-electron chi connectivity index (χ2n) is 8.84. The van der Waals surface area contributed by atoms with E-state index in [1.807, 2.05) is 66.7 Å². The molecule has 0 spiro atoms. The van der Waals surface area contributed by atoms with Crippen LogP contribution in [0.15, 0.2) is 103 Å². The van der Waals surface area contributed by atoms with E-state index in [1.54, 1.807) is 53.3 Å². The highest BCUT2D eigenvalue weighted by atomic mass is 35.5. The van der Waals surface area contributed by atoms with E-state index in [0.717, 1.165) is 22.4 Å². The van der Waals surface area contributed by atoms with E-state index in [-0.39, 0.29) is 17.2 Å². The number of hydrogen-bond donors (Lipinski definition) is 1. The summed E-state index contributed by atoms with van der Waals surface area (Å²) in [5, 5.41) is 3.21. The van der Waals surface area contributed by atoms with E-state index in [9.17, 15) is 9.59 Å². The van der Waals surface area contributed by atoms with Gasteiger partial charge in [-0.15, -0.1) is 11.8 Å². The first-order valence-electron chi connectivity index (χ1n) is 12.2. The molecule has 0 radical (unpaired) electrons. The maximum atomic E-state index is 13.7. The number of carbonyl (C=O) groups is 2. The van der Waals surface area contributed by atoms with Crippen molar-refractivity contribution in [1.82, 2.24) is 15.2 Å². The average molecular weight is 544 g/mol. The van der Waals surface area contributed by atoms with Crippen molar-refractivity contribution < 1.29 is 14.3 Å². The third-order valence-corrected chi connectivity index (χ3v) is 7.83. The molecule has 1 saturated heterocycles. The molecule has 38 heavy (non-hydrogen) atoms. The van der Waals surface area contributed by atoms with Crippen molar-refractivity contribution in [1.29, 1.82) is 0 Å². The van der Waals surface area contributed by atoms with Gasteiger partial charge in [0.15, 0.2) is 0 Å². The SMILES string of the molecule is O=C(NCc1ccncc1)C1CSC(c2ccc(OCc3ccccc3)cc2)N1C(=O)c1ccc(Cl)cc1. The van der Waals surface area contributed by atoms with Crippen molar-refractivity contribution in [2.45, 2.75) is 24.6 Å². The van der Waals surface area contributed by atoms with Gasteiger partial charge in [-0.25, -0.2) is 0 Å². The number of amides is 2. The molecule has 1 aliphatic heterocycles. The first-order valence-corrected chi connectivity index (χ1v) is 13.6. The molecule has 1 aromatic heterocycles. The third kappa shape index (κ3) is 6.18. The van der Waals surface area contributed by atoms with Crippen LogP contribution in [0, 0.1) is 0 Å². The quantitative estimate of drug-likeness (QED) is 0.300. The number of hydrogen-bond acceptors (Lipinski definition) is 5. The summed E-state index contributed by atoms with van der Waals surface area (Å²) in [5.74, 6) is 0.813. The maximum Gasteiger partial charge on any atom is 0.255 e. The largest absolute Gasteiger partial charge is 0.489 e. The highest BCUT2D eigenvalue weighted by Crippen LogP contribution is 2.42. The fourth-order valence-corrected chi connectivity index (χ4v) is 5.79. The summed E-state index contributed by atoms with van der Waals surface area (Å²) in [4.78, 5) is 32.7. The zero-order valence-corrected chi connectivity index (χ0v) is 22.1. The Hall–Kier alpha value is -3.81. The fourth-order valence-electron chi connectivity index (χ4n) is 4.23. The van der Waals surface area contributed by atoms with Crippen LogP contribution in [0.5, 0.6) is 5.75 Å². The molecule has 4 aromatic rings. The monoisotopic (exact) mass is 543 g/mol. The Kier molecular flexibility index (Phi) is 8.26. The molecule has 0 bridgehead atoms. The Morgan fingerprint density at radius 1 is 0.921 bits per heavy atom. The van der Waals surface area contributed by atoms with Crippen LogP contribution in [0.1, 0.15) is 32.4 Å². The van der Waals surface area contributed by atoms with Gasteiger partial charge in [0.05, 0.1) is 0 Å². The molecular weight excluding hydrogens is 518 g/mol. The van der Waals surface area contributed by atoms with Crippen molar-refractivity contribution >= 4 is 35.2 Å². The summed E-state index contributed by atoms with van der Waals surface area (Å²) in [5.41, 5.74) is 3.44. The van der Waals surface area contributed by atoms with Gasteiger partial charge in [-0.2, -0.15) is 0 Å². The van der Waals surface area contributed by atoms with E-state index >= 15 is 0 Å². The normalized spacial score (nSPS) is 16.7. The van der Waals surface area contributed by atoms with Crippen LogP contribution in [-0.4, -0.2) is 33.5 Å². The summed E-state index contributed by atoms with van der Waals surface area (Å²) in [6.07, 6.45) is 3.37. The van der Waals surface area contributed by atoms with Gasteiger partial charge in [0.25, 0.3) is 5.91 Å². The van der Waals surface area contributed by atoms with Crippen molar-refractivity contribution in [2.75, 3.05) is 5.75 Å². The predicted molar refractivity (Wildman–Crippen MR) is 150 cm³/mol. The van der Waals surface area contributed by atoms with Crippen LogP contribution in [-0.2, 0) is 17.9 Å². The first-order chi connectivity index (χ1) is 18.6. The minimum atomic E-state index is -0.621. The van der Waals surface area contributed by atoms with Gasteiger partial charge in [-0.1, -0.05) is 54.1 Å². The molecule has 192 valence electrons. The van der Waals surface area contributed by atoms with Gasteiger partial charge in [0, 0.05) is 35.3 Å². The molecule has 3 aromatic carbocycles. The summed E-state index contributed by atoms with van der Waals surface area (Å²) >= 11 is 7.62. The number of nitrogens with zero attached hydrogens (tertiary/aromatic N) is 2. The maximum absolute atomic E-state index is 13.7. The zero-order chi connectivity index (χ0) is 26.3. The fraction of sp³-hybridized carbons (Fsp3) is 0.167. The smallest absolute Gasteiger partial charge is 0.255 e. The Morgan fingerprint density at radius 3 is 2.34 bits per heavy atom. The molecule has 0 saturated carbocycles. The van der Waals surface area contributed by atoms with Gasteiger partial charge >= 0.3 is 0 Å². The molecule has 1 fully saturated rings. The van der Waals surface area contributed by atoms with Crippen molar-refractivity contribution in [2.24, 2.45) is 0 Å². The minimum Gasteiger partial charge on any atom is -0.489 e. The standard InChI is InChI=1S/C30H26ClN3O3S/c31-25-10-6-23(7-11-25)29(36)34-27(28(35)33-18-21-14-16-32-17-15-21)20-38-30(34)24-8-12-26(13-9-24)37-19-22-4-2-1-3-5-22/h1-17,27,30H,18-20H2,(H,33,35). The lowest BCUT2D eigenvalue weighted by Crippen LogP contribution is -2.47. The topological polar surface area (TPSA) is 71.5 Å². The van der Waals surface area contributed by atoms with Gasteiger partial charge in [-0.05, 0) is 65.2 Å². The van der Waals surface area contributed by atoms with E-state index < -0.39 is 6.04 Å². The lowest BCUT2D eigenvalue weighted by Gasteiger charge is -2.29. The summed E-state index contributed by atoms with van der Waals surface area (Å²) in [7, 11) is 0. The Labute approximate surface area is 231 Å². The summed E-state index contributed by atoms with van der Waals surface area (Å²) in [6.45, 7) is 0.836. The van der Waals surface area contributed by atoms with E-state index in [2.05, 4.69) is 10.3 Å². The van der Waals surface area contributed by atoms with Crippen LogP contribution in [0.2, 0.25) is 5.02 Å². The lowest BCUT2D eigenvalue weighted by atomic mass is 10.1. The zero-order valence-electron chi connectivity index (χ0n) is 20.5. The minimum absolute atomic E-state index is 0.193. The van der Waals surface area contributed by atoms with E-state index in [1.165, 1.54) is 0 Å². The van der Waals surface area contributed by atoms with Crippen molar-refractivity contribution in [3.8, 4) is 5.75 Å². The van der Waals surface area contributed by atoms with Crippen molar-refractivity contribution in [3.05, 3.63) is 131 Å². The number of thioether (sulfide) groups is 1. The molecule has 8 heteroatoms. The number of rotatable bonds is 8. The van der Waals surface area contributed by atoms with Crippen LogP contribution < -0.4 is 10.1 Å². The van der Waals surface area contributed by atoms with Gasteiger partial charge < -0.3 is 15.0 Å². The summed E-state index contributed by atoms with van der Waals surface area (Å²) < 4.78 is 5.93. The van der Waals surface area contributed by atoms with E-state index in [4.69, 9.17) is 16.3 Å². The average Bonchev–Trinajstić information content (AvgIpc) is 3.41. The molecule has 2 unspecified atom stereocenters. The van der Waals surface area contributed by atoms with Crippen LogP contribution in [0.4, 0.5) is 0 Å². The second-order valence-corrected chi connectivity index (χ2v) is 10.4. The van der Waals surface area contributed by atoms with Crippen LogP contribution >= 0.6 is 23.4 Å². The molecule has 2 heterocycles. The van der Waals surface area contributed by atoms with E-state index in [0.29, 0.717) is 29.5 Å². The molecule has 5 rings (SSSR count).